The van der Waals surface area contributed by atoms with Crippen LogP contribution >= 0.6 is 11.8 Å². The highest BCUT2D eigenvalue weighted by molar-refractivity contribution is 8.14. The Bertz CT molecular complexity index is 915. The standard InChI is InChI=1S/C22H23N3O3S/c1-28-17-9-7-16(8-10-17)25-19(26)12-11-18(20(25)15-5-3-2-4-6-15)21(27)24-22-23-13-14-29-22/h2-10,18,20H,11-14H2,1H3,(H,23,24,27)/t18-,20+/m1/s1. The van der Waals surface area contributed by atoms with E-state index in [0.717, 1.165) is 29.3 Å². The van der Waals surface area contributed by atoms with E-state index in [1.54, 1.807) is 23.8 Å². The third-order valence-electron chi connectivity index (χ3n) is 5.24. The summed E-state index contributed by atoms with van der Waals surface area (Å²) < 4.78 is 5.25. The second-order valence-corrected chi connectivity index (χ2v) is 8.07. The van der Waals surface area contributed by atoms with E-state index in [0.29, 0.717) is 18.0 Å². The summed E-state index contributed by atoms with van der Waals surface area (Å²) >= 11 is 1.56. The molecule has 0 saturated carbocycles. The van der Waals surface area contributed by atoms with Crippen molar-refractivity contribution < 1.29 is 14.3 Å². The average molecular weight is 410 g/mol. The zero-order valence-corrected chi connectivity index (χ0v) is 17.0. The van der Waals surface area contributed by atoms with Crippen molar-refractivity contribution in [2.45, 2.75) is 18.9 Å². The van der Waals surface area contributed by atoms with Gasteiger partial charge in [-0.3, -0.25) is 14.6 Å². The summed E-state index contributed by atoms with van der Waals surface area (Å²) in [5.41, 5.74) is 1.70. The van der Waals surface area contributed by atoms with E-state index in [1.807, 2.05) is 54.6 Å². The van der Waals surface area contributed by atoms with Crippen LogP contribution in [0.25, 0.3) is 0 Å². The lowest BCUT2D eigenvalue weighted by molar-refractivity contribution is -0.128. The lowest BCUT2D eigenvalue weighted by Crippen LogP contribution is -2.49. The fourth-order valence-corrected chi connectivity index (χ4v) is 4.59. The highest BCUT2D eigenvalue weighted by Crippen LogP contribution is 2.40. The Labute approximate surface area is 174 Å². The number of hydrogen-bond acceptors (Lipinski definition) is 5. The van der Waals surface area contributed by atoms with Gasteiger partial charge in [0.25, 0.3) is 0 Å². The normalized spacial score (nSPS) is 21.6. The van der Waals surface area contributed by atoms with Crippen LogP contribution in [0.1, 0.15) is 24.4 Å². The molecule has 0 aliphatic carbocycles. The number of piperidine rings is 1. The van der Waals surface area contributed by atoms with Crippen molar-refractivity contribution in [2.75, 3.05) is 24.3 Å². The smallest absolute Gasteiger partial charge is 0.231 e. The van der Waals surface area contributed by atoms with E-state index >= 15 is 0 Å². The van der Waals surface area contributed by atoms with Crippen molar-refractivity contribution in [2.24, 2.45) is 10.9 Å². The molecule has 0 aromatic heterocycles. The summed E-state index contributed by atoms with van der Waals surface area (Å²) in [6, 6.07) is 16.8. The number of thioether (sulfide) groups is 1. The number of amides is 2. The minimum Gasteiger partial charge on any atom is -0.497 e. The van der Waals surface area contributed by atoms with Gasteiger partial charge in [0.15, 0.2) is 5.17 Å². The number of carbonyl (C=O) groups is 2. The lowest BCUT2D eigenvalue weighted by Gasteiger charge is -2.40. The maximum atomic E-state index is 13.2. The first kappa shape index (κ1) is 19.5. The number of aliphatic imine (C=N–C) groups is 1. The average Bonchev–Trinajstić information content (AvgIpc) is 3.27. The molecule has 0 radical (unpaired) electrons. The van der Waals surface area contributed by atoms with Crippen LogP contribution in [-0.2, 0) is 9.59 Å². The fourth-order valence-electron chi connectivity index (χ4n) is 3.85. The maximum absolute atomic E-state index is 13.2. The first-order valence-electron chi connectivity index (χ1n) is 9.66. The molecule has 29 heavy (non-hydrogen) atoms. The van der Waals surface area contributed by atoms with Gasteiger partial charge in [-0.05, 0) is 36.2 Å². The van der Waals surface area contributed by atoms with Gasteiger partial charge in [-0.1, -0.05) is 42.1 Å². The Morgan fingerprint density at radius 2 is 1.93 bits per heavy atom. The first-order chi connectivity index (χ1) is 14.2. The van der Waals surface area contributed by atoms with Gasteiger partial charge < -0.3 is 15.0 Å². The molecule has 2 atom stereocenters. The van der Waals surface area contributed by atoms with Gasteiger partial charge in [0.05, 0.1) is 25.6 Å². The minimum atomic E-state index is -0.377. The molecule has 1 fully saturated rings. The topological polar surface area (TPSA) is 71.0 Å². The van der Waals surface area contributed by atoms with Gasteiger partial charge in [0.1, 0.15) is 5.75 Å². The number of nitrogens with zero attached hydrogens (tertiary/aromatic N) is 2. The third-order valence-corrected chi connectivity index (χ3v) is 6.13. The van der Waals surface area contributed by atoms with E-state index in [1.165, 1.54) is 0 Å². The summed E-state index contributed by atoms with van der Waals surface area (Å²) in [5.74, 6) is 1.18. The zero-order chi connectivity index (χ0) is 20.2. The Morgan fingerprint density at radius 1 is 1.17 bits per heavy atom. The summed E-state index contributed by atoms with van der Waals surface area (Å²) in [6.45, 7) is 0.726. The molecule has 2 aliphatic rings. The molecule has 0 bridgehead atoms. The van der Waals surface area contributed by atoms with Gasteiger partial charge in [-0.15, -0.1) is 0 Å². The molecule has 0 spiro atoms. The van der Waals surface area contributed by atoms with Crippen LogP contribution in [0.2, 0.25) is 0 Å². The molecule has 2 aromatic rings. The number of rotatable bonds is 4. The van der Waals surface area contributed by atoms with Crippen LogP contribution in [0.3, 0.4) is 0 Å². The van der Waals surface area contributed by atoms with Gasteiger partial charge in [0.2, 0.25) is 11.8 Å². The predicted octanol–water partition coefficient (Wildman–Crippen LogP) is 3.40. The number of anilines is 1. The molecule has 1 N–H and O–H groups in total. The molecule has 7 heteroatoms. The zero-order valence-electron chi connectivity index (χ0n) is 16.2. The Morgan fingerprint density at radius 3 is 2.59 bits per heavy atom. The van der Waals surface area contributed by atoms with E-state index in [4.69, 9.17) is 4.74 Å². The van der Waals surface area contributed by atoms with Crippen LogP contribution < -0.4 is 15.0 Å². The largest absolute Gasteiger partial charge is 0.497 e. The highest BCUT2D eigenvalue weighted by Gasteiger charge is 2.41. The van der Waals surface area contributed by atoms with Crippen LogP contribution in [0.15, 0.2) is 59.6 Å². The van der Waals surface area contributed by atoms with E-state index in [9.17, 15) is 9.59 Å². The van der Waals surface area contributed by atoms with Crippen molar-refractivity contribution >= 4 is 34.4 Å². The Kier molecular flexibility index (Phi) is 5.85. The van der Waals surface area contributed by atoms with Crippen molar-refractivity contribution in [1.82, 2.24) is 5.32 Å². The predicted molar refractivity (Wildman–Crippen MR) is 115 cm³/mol. The Balaban J connectivity index is 1.70. The molecule has 6 nitrogen and oxygen atoms in total. The van der Waals surface area contributed by atoms with Crippen molar-refractivity contribution in [3.05, 3.63) is 60.2 Å². The highest BCUT2D eigenvalue weighted by atomic mass is 32.2. The third kappa shape index (κ3) is 4.15. The molecule has 1 saturated heterocycles. The number of nitrogens with one attached hydrogen (secondary N) is 1. The summed E-state index contributed by atoms with van der Waals surface area (Å²) in [4.78, 5) is 32.2. The SMILES string of the molecule is COc1ccc(N2C(=O)CC[C@@H](C(=O)NC3=NCCS3)[C@@H]2c2ccccc2)cc1. The number of benzene rings is 2. The maximum Gasteiger partial charge on any atom is 0.231 e. The quantitative estimate of drug-likeness (QED) is 0.840. The van der Waals surface area contributed by atoms with Crippen LogP contribution in [0, 0.1) is 5.92 Å². The van der Waals surface area contributed by atoms with Crippen molar-refractivity contribution in [3.8, 4) is 5.75 Å². The molecule has 0 unspecified atom stereocenters. The molecule has 2 aliphatic heterocycles. The second-order valence-electron chi connectivity index (χ2n) is 6.99. The number of methoxy groups -OCH3 is 1. The second kappa shape index (κ2) is 8.69. The van der Waals surface area contributed by atoms with Crippen molar-refractivity contribution in [3.63, 3.8) is 0 Å². The molecular formula is C22H23N3O3S. The molecule has 2 heterocycles. The first-order valence-corrected chi connectivity index (χ1v) is 10.6. The lowest BCUT2D eigenvalue weighted by atomic mass is 9.83. The molecule has 150 valence electrons. The molecule has 2 aromatic carbocycles. The fraction of sp³-hybridized carbons (Fsp3) is 0.318. The summed E-state index contributed by atoms with van der Waals surface area (Å²) in [5, 5.41) is 3.65. The van der Waals surface area contributed by atoms with E-state index < -0.39 is 0 Å². The molecule has 2 amide bonds. The van der Waals surface area contributed by atoms with E-state index in [-0.39, 0.29) is 23.8 Å². The summed E-state index contributed by atoms with van der Waals surface area (Å²) in [6.07, 6.45) is 0.835. The van der Waals surface area contributed by atoms with Gasteiger partial charge in [-0.25, -0.2) is 0 Å². The Hall–Kier alpha value is -2.80. The van der Waals surface area contributed by atoms with Gasteiger partial charge in [-0.2, -0.15) is 0 Å². The number of amidine groups is 1. The number of ether oxygens (including phenoxy) is 1. The summed E-state index contributed by atoms with van der Waals surface area (Å²) in [7, 11) is 1.61. The minimum absolute atomic E-state index is 0.0145. The number of carbonyl (C=O) groups excluding carboxylic acids is 2. The van der Waals surface area contributed by atoms with Gasteiger partial charge in [0, 0.05) is 17.9 Å². The number of hydrogen-bond donors (Lipinski definition) is 1. The van der Waals surface area contributed by atoms with Crippen LogP contribution in [0.4, 0.5) is 5.69 Å². The monoisotopic (exact) mass is 409 g/mol. The van der Waals surface area contributed by atoms with Crippen LogP contribution in [0.5, 0.6) is 5.75 Å². The molecular weight excluding hydrogens is 386 g/mol. The van der Waals surface area contributed by atoms with Crippen LogP contribution in [-0.4, -0.2) is 36.4 Å². The van der Waals surface area contributed by atoms with Gasteiger partial charge >= 0.3 is 0 Å². The van der Waals surface area contributed by atoms with E-state index in [2.05, 4.69) is 10.3 Å². The van der Waals surface area contributed by atoms with Crippen molar-refractivity contribution in [1.29, 1.82) is 0 Å². The molecule has 4 rings (SSSR count).